The summed E-state index contributed by atoms with van der Waals surface area (Å²) in [6.45, 7) is 2.01. The molecule has 0 spiro atoms. The number of hydrogen-bond donors (Lipinski definition) is 2. The highest BCUT2D eigenvalue weighted by atomic mass is 35.5. The summed E-state index contributed by atoms with van der Waals surface area (Å²) < 4.78 is 1.49. The van der Waals surface area contributed by atoms with E-state index in [-0.39, 0.29) is 11.6 Å². The molecule has 2 atom stereocenters. The second kappa shape index (κ2) is 8.62. The zero-order valence-corrected chi connectivity index (χ0v) is 17.1. The molecule has 0 unspecified atom stereocenters. The van der Waals surface area contributed by atoms with Crippen LogP contribution in [0.1, 0.15) is 37.3 Å². The Bertz CT molecular complexity index is 905. The largest absolute Gasteiger partial charge is 0.382 e. The third-order valence-corrected chi connectivity index (χ3v) is 5.61. The molecule has 3 aromatic rings. The van der Waals surface area contributed by atoms with Crippen LogP contribution in [0.25, 0.3) is 0 Å². The van der Waals surface area contributed by atoms with Crippen molar-refractivity contribution < 1.29 is 10.2 Å². The Balaban J connectivity index is 2.22. The molecule has 2 aromatic carbocycles. The minimum atomic E-state index is -1.76. The molecule has 1 heterocycles. The molecule has 0 bridgehead atoms. The highest BCUT2D eigenvalue weighted by Gasteiger charge is 2.52. The maximum atomic E-state index is 12.1. The van der Waals surface area contributed by atoms with Gasteiger partial charge >= 0.3 is 0 Å². The average molecular weight is 420 g/mol. The van der Waals surface area contributed by atoms with Gasteiger partial charge in [-0.2, -0.15) is 5.10 Å². The van der Waals surface area contributed by atoms with E-state index in [9.17, 15) is 10.2 Å². The first-order valence-corrected chi connectivity index (χ1v) is 9.94. The fourth-order valence-electron chi connectivity index (χ4n) is 3.55. The zero-order valence-electron chi connectivity index (χ0n) is 15.6. The third-order valence-electron chi connectivity index (χ3n) is 5.06. The number of unbranched alkanes of at least 4 members (excludes halogenated alkanes) is 1. The lowest BCUT2D eigenvalue weighted by Crippen LogP contribution is -2.52. The summed E-state index contributed by atoms with van der Waals surface area (Å²) in [5.41, 5.74) is -2.37. The lowest BCUT2D eigenvalue weighted by molar-refractivity contribution is -0.180. The zero-order chi connectivity index (χ0) is 20.2. The molecule has 148 valence electrons. The molecule has 1 aromatic heterocycles. The molecular weight excluding hydrogens is 397 g/mol. The lowest BCUT2D eigenvalue weighted by Gasteiger charge is -2.45. The van der Waals surface area contributed by atoms with Crippen LogP contribution >= 0.6 is 23.2 Å². The molecule has 3 rings (SSSR count). The normalized spacial score (nSPS) is 15.8. The molecule has 0 aliphatic rings. The number of aliphatic hydroxyl groups is 2. The third kappa shape index (κ3) is 3.94. The van der Waals surface area contributed by atoms with Gasteiger partial charge in [0.05, 0.1) is 6.54 Å². The monoisotopic (exact) mass is 419 g/mol. The van der Waals surface area contributed by atoms with E-state index in [1.54, 1.807) is 18.2 Å². The lowest BCUT2D eigenvalue weighted by atomic mass is 9.70. The first-order valence-electron chi connectivity index (χ1n) is 9.19. The van der Waals surface area contributed by atoms with Crippen molar-refractivity contribution in [2.24, 2.45) is 0 Å². The van der Waals surface area contributed by atoms with Crippen molar-refractivity contribution in [2.45, 2.75) is 43.9 Å². The predicted molar refractivity (Wildman–Crippen MR) is 110 cm³/mol. The second-order valence-corrected chi connectivity index (χ2v) is 7.75. The molecule has 0 aliphatic carbocycles. The molecule has 0 radical (unpaired) electrons. The first-order chi connectivity index (χ1) is 13.4. The number of hydrogen-bond acceptors (Lipinski definition) is 4. The molecule has 7 heteroatoms. The summed E-state index contributed by atoms with van der Waals surface area (Å²) in [6.07, 6.45) is 4.81. The van der Waals surface area contributed by atoms with Gasteiger partial charge in [0.1, 0.15) is 23.9 Å². The van der Waals surface area contributed by atoms with E-state index in [1.165, 1.54) is 17.3 Å². The van der Waals surface area contributed by atoms with Crippen molar-refractivity contribution in [3.05, 3.63) is 82.4 Å². The van der Waals surface area contributed by atoms with E-state index in [0.29, 0.717) is 22.6 Å². The molecular formula is C21H23Cl2N3O2. The van der Waals surface area contributed by atoms with Crippen LogP contribution in [-0.4, -0.2) is 25.0 Å². The maximum Gasteiger partial charge on any atom is 0.143 e. The van der Waals surface area contributed by atoms with Gasteiger partial charge in [-0.3, -0.25) is 0 Å². The molecule has 28 heavy (non-hydrogen) atoms. The van der Waals surface area contributed by atoms with E-state index in [1.807, 2.05) is 37.3 Å². The number of halogens is 2. The standard InChI is InChI=1S/C21H23Cl2N3O2/c1-2-3-11-20(27,16-7-5-4-6-8-16)21(28,13-26-15-24-14-25-26)18-10-9-17(22)12-19(18)23/h4-10,12,14-15,27-28H,2-3,11,13H2,1H3/t20-,21-/m0/s1. The van der Waals surface area contributed by atoms with E-state index >= 15 is 0 Å². The Hall–Kier alpha value is -1.92. The molecule has 0 amide bonds. The fourth-order valence-corrected chi connectivity index (χ4v) is 4.11. The van der Waals surface area contributed by atoms with E-state index in [0.717, 1.165) is 12.8 Å². The van der Waals surface area contributed by atoms with Crippen LogP contribution in [0.2, 0.25) is 10.0 Å². The van der Waals surface area contributed by atoms with Crippen LogP contribution in [0.5, 0.6) is 0 Å². The number of nitrogens with zero attached hydrogens (tertiary/aromatic N) is 3. The minimum absolute atomic E-state index is 0.0243. The van der Waals surface area contributed by atoms with Crippen LogP contribution in [0.4, 0.5) is 0 Å². The van der Waals surface area contributed by atoms with Gasteiger partial charge < -0.3 is 10.2 Å². The molecule has 0 saturated carbocycles. The number of benzene rings is 2. The molecule has 0 aliphatic heterocycles. The van der Waals surface area contributed by atoms with Gasteiger partial charge in [-0.1, -0.05) is 79.4 Å². The summed E-state index contributed by atoms with van der Waals surface area (Å²) in [4.78, 5) is 3.96. The van der Waals surface area contributed by atoms with Gasteiger partial charge in [-0.15, -0.1) is 0 Å². The van der Waals surface area contributed by atoms with E-state index in [2.05, 4.69) is 10.1 Å². The Labute approximate surface area is 174 Å². The van der Waals surface area contributed by atoms with Crippen molar-refractivity contribution in [3.8, 4) is 0 Å². The van der Waals surface area contributed by atoms with Gasteiger partial charge in [0.25, 0.3) is 0 Å². The average Bonchev–Trinajstić information content (AvgIpc) is 3.19. The summed E-state index contributed by atoms with van der Waals surface area (Å²) in [5, 5.41) is 28.9. The minimum Gasteiger partial charge on any atom is -0.382 e. The topological polar surface area (TPSA) is 71.2 Å². The predicted octanol–water partition coefficient (Wildman–Crippen LogP) is 4.55. The summed E-state index contributed by atoms with van der Waals surface area (Å²) in [5.74, 6) is 0. The SMILES string of the molecule is CCCC[C@](O)(c1ccccc1)[C@](O)(Cn1cncn1)c1ccc(Cl)cc1Cl. The second-order valence-electron chi connectivity index (χ2n) is 6.91. The van der Waals surface area contributed by atoms with Gasteiger partial charge in [0.2, 0.25) is 0 Å². The number of rotatable bonds is 8. The van der Waals surface area contributed by atoms with Crippen molar-refractivity contribution in [1.82, 2.24) is 14.8 Å². The highest BCUT2D eigenvalue weighted by Crippen LogP contribution is 2.47. The molecule has 0 saturated heterocycles. The van der Waals surface area contributed by atoms with Crippen molar-refractivity contribution >= 4 is 23.2 Å². The van der Waals surface area contributed by atoms with Gasteiger partial charge in [-0.25, -0.2) is 9.67 Å². The van der Waals surface area contributed by atoms with Crippen LogP contribution < -0.4 is 0 Å². The van der Waals surface area contributed by atoms with Gasteiger partial charge in [-0.05, 0) is 24.1 Å². The van der Waals surface area contributed by atoms with Crippen LogP contribution in [0.3, 0.4) is 0 Å². The Kier molecular flexibility index (Phi) is 6.40. The van der Waals surface area contributed by atoms with E-state index in [4.69, 9.17) is 23.2 Å². The maximum absolute atomic E-state index is 12.1. The Morgan fingerprint density at radius 1 is 1.04 bits per heavy atom. The Morgan fingerprint density at radius 2 is 1.79 bits per heavy atom. The van der Waals surface area contributed by atoms with Crippen LogP contribution in [0.15, 0.2) is 61.2 Å². The van der Waals surface area contributed by atoms with Crippen molar-refractivity contribution in [1.29, 1.82) is 0 Å². The molecule has 2 N–H and O–H groups in total. The number of aromatic nitrogens is 3. The summed E-state index contributed by atoms with van der Waals surface area (Å²) >= 11 is 12.5. The molecule has 0 fully saturated rings. The first kappa shape index (κ1) is 20.8. The van der Waals surface area contributed by atoms with Gasteiger partial charge in [0.15, 0.2) is 0 Å². The van der Waals surface area contributed by atoms with Crippen LogP contribution in [0, 0.1) is 0 Å². The van der Waals surface area contributed by atoms with Gasteiger partial charge in [0, 0.05) is 15.6 Å². The van der Waals surface area contributed by atoms with E-state index < -0.39 is 11.2 Å². The Morgan fingerprint density at radius 3 is 2.39 bits per heavy atom. The van der Waals surface area contributed by atoms with Crippen LogP contribution in [-0.2, 0) is 17.7 Å². The smallest absolute Gasteiger partial charge is 0.143 e. The quantitative estimate of drug-likeness (QED) is 0.561. The fraction of sp³-hybridized carbons (Fsp3) is 0.333. The van der Waals surface area contributed by atoms with Crippen molar-refractivity contribution in [3.63, 3.8) is 0 Å². The highest BCUT2D eigenvalue weighted by molar-refractivity contribution is 6.35. The summed E-state index contributed by atoms with van der Waals surface area (Å²) in [7, 11) is 0. The molecule has 5 nitrogen and oxygen atoms in total. The summed E-state index contributed by atoms with van der Waals surface area (Å²) in [6, 6.07) is 14.0. The van der Waals surface area contributed by atoms with Crippen molar-refractivity contribution in [2.75, 3.05) is 0 Å².